The van der Waals surface area contributed by atoms with Crippen molar-refractivity contribution in [1.29, 1.82) is 0 Å². The van der Waals surface area contributed by atoms with Crippen LogP contribution < -0.4 is 16.4 Å². The van der Waals surface area contributed by atoms with Gasteiger partial charge < -0.3 is 26.6 Å². The first-order chi connectivity index (χ1) is 9.43. The van der Waals surface area contributed by atoms with E-state index in [-0.39, 0.29) is 12.1 Å². The van der Waals surface area contributed by atoms with Gasteiger partial charge in [0.25, 0.3) is 5.91 Å². The molecule has 0 aromatic heterocycles. The summed E-state index contributed by atoms with van der Waals surface area (Å²) in [5, 5.41) is 22.1. The summed E-state index contributed by atoms with van der Waals surface area (Å²) in [6, 6.07) is 4.14. The number of carbonyl (C=O) groups excluding carboxylic acids is 2. The first kappa shape index (κ1) is 15.4. The largest absolute Gasteiger partial charge is 0.480 e. The molecule has 3 amide bonds. The highest BCUT2D eigenvalue weighted by molar-refractivity contribution is 5.96. The number of hydrogen-bond acceptors (Lipinski definition) is 4. The van der Waals surface area contributed by atoms with Crippen molar-refractivity contribution >= 4 is 17.9 Å². The SMILES string of the molecule is NC(=O)NCc1ccc(C(=O)N[C@@H](CO)C(=O)O)cc1. The standard InChI is InChI=1S/C12H15N3O5/c13-12(20)14-5-7-1-3-8(4-2-7)10(17)15-9(6-16)11(18)19/h1-4,9,16H,5-6H2,(H,15,17)(H,18,19)(H3,13,14,20)/t9-/m0/s1. The Balaban J connectivity index is 2.65. The quantitative estimate of drug-likeness (QED) is 0.456. The summed E-state index contributed by atoms with van der Waals surface area (Å²) < 4.78 is 0. The fourth-order valence-electron chi connectivity index (χ4n) is 1.39. The van der Waals surface area contributed by atoms with Gasteiger partial charge in [-0.3, -0.25) is 4.79 Å². The molecule has 8 heteroatoms. The number of benzene rings is 1. The summed E-state index contributed by atoms with van der Waals surface area (Å²) in [7, 11) is 0. The van der Waals surface area contributed by atoms with E-state index in [1.165, 1.54) is 12.1 Å². The average molecular weight is 281 g/mol. The summed E-state index contributed by atoms with van der Waals surface area (Å²) in [4.78, 5) is 32.9. The fraction of sp³-hybridized carbons (Fsp3) is 0.250. The van der Waals surface area contributed by atoms with Crippen molar-refractivity contribution in [3.05, 3.63) is 35.4 Å². The van der Waals surface area contributed by atoms with E-state index in [9.17, 15) is 14.4 Å². The molecule has 0 aliphatic heterocycles. The van der Waals surface area contributed by atoms with Crippen LogP contribution in [0.5, 0.6) is 0 Å². The van der Waals surface area contributed by atoms with Gasteiger partial charge in [-0.2, -0.15) is 0 Å². The zero-order chi connectivity index (χ0) is 15.1. The zero-order valence-electron chi connectivity index (χ0n) is 10.5. The molecule has 20 heavy (non-hydrogen) atoms. The molecule has 0 unspecified atom stereocenters. The van der Waals surface area contributed by atoms with Crippen molar-refractivity contribution in [2.45, 2.75) is 12.6 Å². The number of urea groups is 1. The lowest BCUT2D eigenvalue weighted by atomic mass is 10.1. The van der Waals surface area contributed by atoms with Crippen LogP contribution in [-0.2, 0) is 11.3 Å². The maximum Gasteiger partial charge on any atom is 0.328 e. The van der Waals surface area contributed by atoms with Crippen LogP contribution in [0.3, 0.4) is 0 Å². The van der Waals surface area contributed by atoms with Crippen LogP contribution in [0.4, 0.5) is 4.79 Å². The van der Waals surface area contributed by atoms with Crippen molar-refractivity contribution in [2.75, 3.05) is 6.61 Å². The maximum absolute atomic E-state index is 11.7. The van der Waals surface area contributed by atoms with Gasteiger partial charge in [0.1, 0.15) is 0 Å². The second-order valence-corrected chi connectivity index (χ2v) is 3.96. The van der Waals surface area contributed by atoms with Gasteiger partial charge in [0.05, 0.1) is 6.61 Å². The number of aliphatic carboxylic acids is 1. The molecule has 1 aromatic carbocycles. The molecule has 0 radical (unpaired) electrons. The van der Waals surface area contributed by atoms with Crippen LogP contribution >= 0.6 is 0 Å². The fourth-order valence-corrected chi connectivity index (χ4v) is 1.39. The Labute approximate surface area is 114 Å². The molecule has 0 bridgehead atoms. The molecule has 0 heterocycles. The third-order valence-corrected chi connectivity index (χ3v) is 2.47. The number of carboxylic acids is 1. The van der Waals surface area contributed by atoms with Crippen LogP contribution in [0, 0.1) is 0 Å². The Morgan fingerprint density at radius 1 is 1.20 bits per heavy atom. The Morgan fingerprint density at radius 2 is 1.80 bits per heavy atom. The molecule has 0 fully saturated rings. The minimum absolute atomic E-state index is 0.228. The smallest absolute Gasteiger partial charge is 0.328 e. The molecule has 0 saturated heterocycles. The normalized spacial score (nSPS) is 11.4. The van der Waals surface area contributed by atoms with Gasteiger partial charge in [0.2, 0.25) is 0 Å². The van der Waals surface area contributed by atoms with E-state index >= 15 is 0 Å². The Hall–Kier alpha value is -2.61. The molecular weight excluding hydrogens is 266 g/mol. The summed E-state index contributed by atoms with van der Waals surface area (Å²) in [6.07, 6.45) is 0. The van der Waals surface area contributed by atoms with Crippen molar-refractivity contribution in [1.82, 2.24) is 10.6 Å². The first-order valence-corrected chi connectivity index (χ1v) is 5.70. The van der Waals surface area contributed by atoms with E-state index in [2.05, 4.69) is 10.6 Å². The number of hydrogen-bond donors (Lipinski definition) is 5. The maximum atomic E-state index is 11.7. The van der Waals surface area contributed by atoms with Crippen molar-refractivity contribution in [3.63, 3.8) is 0 Å². The van der Waals surface area contributed by atoms with Crippen LogP contribution in [0.25, 0.3) is 0 Å². The van der Waals surface area contributed by atoms with Gasteiger partial charge in [0.15, 0.2) is 6.04 Å². The molecule has 0 aliphatic rings. The molecular formula is C12H15N3O5. The van der Waals surface area contributed by atoms with E-state index in [4.69, 9.17) is 15.9 Å². The number of aliphatic hydroxyl groups is 1. The monoisotopic (exact) mass is 281 g/mol. The summed E-state index contributed by atoms with van der Waals surface area (Å²) >= 11 is 0. The van der Waals surface area contributed by atoms with E-state index in [0.717, 1.165) is 5.56 Å². The third-order valence-electron chi connectivity index (χ3n) is 2.47. The van der Waals surface area contributed by atoms with Gasteiger partial charge in [-0.05, 0) is 17.7 Å². The molecule has 0 aliphatic carbocycles. The molecule has 0 spiro atoms. The summed E-state index contributed by atoms with van der Waals surface area (Å²) in [5.74, 6) is -1.93. The molecule has 1 rings (SSSR count). The van der Waals surface area contributed by atoms with Crippen molar-refractivity contribution < 1.29 is 24.6 Å². The van der Waals surface area contributed by atoms with E-state index in [0.29, 0.717) is 0 Å². The minimum atomic E-state index is -1.35. The second kappa shape index (κ2) is 7.10. The number of rotatable bonds is 6. The van der Waals surface area contributed by atoms with Gasteiger partial charge in [0, 0.05) is 12.1 Å². The van der Waals surface area contributed by atoms with Gasteiger partial charge in [-0.1, -0.05) is 12.1 Å². The third kappa shape index (κ3) is 4.58. The number of nitrogens with one attached hydrogen (secondary N) is 2. The Morgan fingerprint density at radius 3 is 2.25 bits per heavy atom. The topological polar surface area (TPSA) is 142 Å². The number of aliphatic hydroxyl groups excluding tert-OH is 1. The lowest BCUT2D eigenvalue weighted by molar-refractivity contribution is -0.140. The van der Waals surface area contributed by atoms with Crippen molar-refractivity contribution in [2.24, 2.45) is 5.73 Å². The molecule has 0 saturated carbocycles. The average Bonchev–Trinajstić information content (AvgIpc) is 2.42. The van der Waals surface area contributed by atoms with Crippen LogP contribution in [0.1, 0.15) is 15.9 Å². The van der Waals surface area contributed by atoms with E-state index < -0.39 is 30.6 Å². The van der Waals surface area contributed by atoms with Crippen LogP contribution in [0.2, 0.25) is 0 Å². The minimum Gasteiger partial charge on any atom is -0.480 e. The highest BCUT2D eigenvalue weighted by atomic mass is 16.4. The van der Waals surface area contributed by atoms with E-state index in [1.807, 2.05) is 0 Å². The number of nitrogens with two attached hydrogens (primary N) is 1. The van der Waals surface area contributed by atoms with Gasteiger partial charge in [-0.25, -0.2) is 9.59 Å². The van der Waals surface area contributed by atoms with Gasteiger partial charge >= 0.3 is 12.0 Å². The number of primary amides is 1. The molecule has 1 atom stereocenters. The Kier molecular flexibility index (Phi) is 5.48. The predicted molar refractivity (Wildman–Crippen MR) is 68.8 cm³/mol. The van der Waals surface area contributed by atoms with Gasteiger partial charge in [-0.15, -0.1) is 0 Å². The highest BCUT2D eigenvalue weighted by Crippen LogP contribution is 2.04. The predicted octanol–water partition coefficient (Wildman–Crippen LogP) is -0.970. The molecule has 1 aromatic rings. The zero-order valence-corrected chi connectivity index (χ0v) is 10.5. The lowest BCUT2D eigenvalue weighted by Gasteiger charge is -2.11. The summed E-state index contributed by atoms with van der Waals surface area (Å²) in [6.45, 7) is -0.465. The Bertz CT molecular complexity index is 500. The number of carbonyl (C=O) groups is 3. The number of amides is 3. The summed E-state index contributed by atoms with van der Waals surface area (Å²) in [5.41, 5.74) is 5.90. The molecule has 8 nitrogen and oxygen atoms in total. The molecule has 6 N–H and O–H groups in total. The van der Waals surface area contributed by atoms with Crippen LogP contribution in [-0.4, -0.2) is 40.8 Å². The van der Waals surface area contributed by atoms with E-state index in [1.54, 1.807) is 12.1 Å². The second-order valence-electron chi connectivity index (χ2n) is 3.96. The lowest BCUT2D eigenvalue weighted by Crippen LogP contribution is -2.43. The van der Waals surface area contributed by atoms with Crippen molar-refractivity contribution in [3.8, 4) is 0 Å². The number of carboxylic acid groups (broad SMARTS) is 1. The highest BCUT2D eigenvalue weighted by Gasteiger charge is 2.19. The molecule has 108 valence electrons. The van der Waals surface area contributed by atoms with Crippen LogP contribution in [0.15, 0.2) is 24.3 Å². The first-order valence-electron chi connectivity index (χ1n) is 5.70.